The van der Waals surface area contributed by atoms with E-state index in [-0.39, 0.29) is 30.2 Å². The van der Waals surface area contributed by atoms with Gasteiger partial charge in [-0.1, -0.05) is 30.3 Å². The molecule has 0 saturated heterocycles. The molecule has 0 aliphatic heterocycles. The maximum Gasteiger partial charge on any atom is 0.245 e. The van der Waals surface area contributed by atoms with Crippen LogP contribution in [-0.2, 0) is 9.59 Å². The van der Waals surface area contributed by atoms with E-state index in [0.717, 1.165) is 30.0 Å². The summed E-state index contributed by atoms with van der Waals surface area (Å²) in [5, 5.41) is 3.46. The van der Waals surface area contributed by atoms with E-state index in [2.05, 4.69) is 36.5 Å². The molecule has 1 saturated carbocycles. The lowest BCUT2D eigenvalue weighted by molar-refractivity contribution is -0.858. The molecule has 1 fully saturated rings. The predicted molar refractivity (Wildman–Crippen MR) is 116 cm³/mol. The molecule has 6 nitrogen and oxygen atoms in total. The van der Waals surface area contributed by atoms with E-state index in [1.54, 1.807) is 4.90 Å². The van der Waals surface area contributed by atoms with Crippen LogP contribution >= 0.6 is 11.3 Å². The molecule has 1 aromatic carbocycles. The third kappa shape index (κ3) is 5.87. The third-order valence-corrected chi connectivity index (χ3v) is 6.35. The fraction of sp³-hybridized carbons (Fsp3) is 0.500. The molecule has 2 aromatic rings. The van der Waals surface area contributed by atoms with E-state index in [1.807, 2.05) is 32.0 Å². The number of aromatic nitrogens is 1. The van der Waals surface area contributed by atoms with Gasteiger partial charge in [0.05, 0.1) is 32.9 Å². The molecule has 0 unspecified atom stereocenters. The standard InChI is InChI=1S/C22H30N4O2S/c1-15-16(2)29-22(23-15)24-20(27)14-26(12-8-11-25(3)4)21(28)19-13-18(19)17-9-6-5-7-10-17/h5-7,9-10,18-19H,8,11-14H2,1-4H3,(H,23,24,27)/p+1/t18-,19+/m0/s1. The monoisotopic (exact) mass is 415 g/mol. The number of hydrogen-bond donors (Lipinski definition) is 2. The van der Waals surface area contributed by atoms with Crippen molar-refractivity contribution in [3.05, 3.63) is 46.5 Å². The summed E-state index contributed by atoms with van der Waals surface area (Å²) in [7, 11) is 4.19. The Morgan fingerprint density at radius 3 is 2.59 bits per heavy atom. The van der Waals surface area contributed by atoms with Crippen molar-refractivity contribution in [3.63, 3.8) is 0 Å². The number of amides is 2. The molecule has 2 amide bonds. The molecule has 7 heteroatoms. The molecule has 0 radical (unpaired) electrons. The van der Waals surface area contributed by atoms with Gasteiger partial charge in [0.25, 0.3) is 0 Å². The number of aryl methyl sites for hydroxylation is 2. The molecular weight excluding hydrogens is 384 g/mol. The average Bonchev–Trinajstić information content (AvgIpc) is 3.41. The van der Waals surface area contributed by atoms with Crippen molar-refractivity contribution in [1.82, 2.24) is 9.88 Å². The molecule has 1 heterocycles. The number of rotatable bonds is 9. The highest BCUT2D eigenvalue weighted by atomic mass is 32.1. The lowest BCUT2D eigenvalue weighted by atomic mass is 10.1. The van der Waals surface area contributed by atoms with E-state index >= 15 is 0 Å². The first-order valence-corrected chi connectivity index (χ1v) is 11.0. The average molecular weight is 416 g/mol. The van der Waals surface area contributed by atoms with Crippen molar-refractivity contribution in [2.75, 3.05) is 39.0 Å². The number of hydrogen-bond acceptors (Lipinski definition) is 4. The van der Waals surface area contributed by atoms with E-state index in [0.29, 0.717) is 11.7 Å². The normalized spacial score (nSPS) is 18.0. The van der Waals surface area contributed by atoms with Gasteiger partial charge in [0.15, 0.2) is 5.13 Å². The Labute approximate surface area is 176 Å². The summed E-state index contributed by atoms with van der Waals surface area (Å²) >= 11 is 1.47. The molecule has 1 aliphatic carbocycles. The molecule has 2 atom stereocenters. The highest BCUT2D eigenvalue weighted by Gasteiger charge is 2.45. The van der Waals surface area contributed by atoms with Gasteiger partial charge in [-0.25, -0.2) is 4.98 Å². The van der Waals surface area contributed by atoms with E-state index in [9.17, 15) is 9.59 Å². The van der Waals surface area contributed by atoms with Crippen LogP contribution in [0.4, 0.5) is 5.13 Å². The topological polar surface area (TPSA) is 66.7 Å². The summed E-state index contributed by atoms with van der Waals surface area (Å²) in [5.41, 5.74) is 2.14. The van der Waals surface area contributed by atoms with Gasteiger partial charge >= 0.3 is 0 Å². The van der Waals surface area contributed by atoms with Gasteiger partial charge in [0, 0.05) is 23.8 Å². The van der Waals surface area contributed by atoms with Crippen molar-refractivity contribution in [2.24, 2.45) is 5.92 Å². The number of anilines is 1. The number of nitrogens with one attached hydrogen (secondary N) is 2. The van der Waals surface area contributed by atoms with Crippen LogP contribution in [0.3, 0.4) is 0 Å². The fourth-order valence-corrected chi connectivity index (χ4v) is 4.35. The molecule has 0 bridgehead atoms. The number of thiazole rings is 1. The van der Waals surface area contributed by atoms with Crippen LogP contribution in [0.15, 0.2) is 30.3 Å². The number of carbonyl (C=O) groups excluding carboxylic acids is 2. The number of nitrogens with zero attached hydrogens (tertiary/aromatic N) is 2. The number of carbonyl (C=O) groups is 2. The van der Waals surface area contributed by atoms with E-state index < -0.39 is 0 Å². The Morgan fingerprint density at radius 2 is 1.97 bits per heavy atom. The summed E-state index contributed by atoms with van der Waals surface area (Å²) in [5.74, 6) is 0.176. The Balaban J connectivity index is 1.62. The highest BCUT2D eigenvalue weighted by Crippen LogP contribution is 2.48. The van der Waals surface area contributed by atoms with Gasteiger partial charge < -0.3 is 15.1 Å². The van der Waals surface area contributed by atoms with Gasteiger partial charge in [-0.2, -0.15) is 0 Å². The van der Waals surface area contributed by atoms with Crippen LogP contribution in [0.5, 0.6) is 0 Å². The van der Waals surface area contributed by atoms with Crippen molar-refractivity contribution < 1.29 is 14.5 Å². The van der Waals surface area contributed by atoms with E-state index in [4.69, 9.17) is 0 Å². The first kappa shape index (κ1) is 21.5. The molecule has 1 aliphatic rings. The van der Waals surface area contributed by atoms with Crippen molar-refractivity contribution in [1.29, 1.82) is 0 Å². The van der Waals surface area contributed by atoms with E-state index in [1.165, 1.54) is 21.8 Å². The van der Waals surface area contributed by atoms with Crippen LogP contribution in [0, 0.1) is 19.8 Å². The lowest BCUT2D eigenvalue weighted by Gasteiger charge is -2.22. The van der Waals surface area contributed by atoms with Gasteiger partial charge in [-0.3, -0.25) is 9.59 Å². The highest BCUT2D eigenvalue weighted by molar-refractivity contribution is 7.15. The Kier molecular flexibility index (Phi) is 7.03. The van der Waals surface area contributed by atoms with Gasteiger partial charge in [0.2, 0.25) is 11.8 Å². The minimum Gasteiger partial charge on any atom is -0.340 e. The second-order valence-corrected chi connectivity index (χ2v) is 9.34. The van der Waals surface area contributed by atoms with Crippen LogP contribution in [-0.4, -0.2) is 55.4 Å². The van der Waals surface area contributed by atoms with Crippen LogP contribution in [0.1, 0.15) is 34.9 Å². The van der Waals surface area contributed by atoms with Gasteiger partial charge in [0.1, 0.15) is 0 Å². The summed E-state index contributed by atoms with van der Waals surface area (Å²) in [4.78, 5) is 34.3. The maximum absolute atomic E-state index is 13.1. The lowest BCUT2D eigenvalue weighted by Crippen LogP contribution is -3.05. The molecule has 0 spiro atoms. The van der Waals surface area contributed by atoms with Crippen molar-refractivity contribution in [2.45, 2.75) is 32.6 Å². The third-order valence-electron chi connectivity index (χ3n) is 5.36. The Hall–Kier alpha value is -2.25. The molecule has 2 N–H and O–H groups in total. The molecule has 156 valence electrons. The zero-order valence-corrected chi connectivity index (χ0v) is 18.5. The summed E-state index contributed by atoms with van der Waals surface area (Å²) in [6, 6.07) is 10.2. The quantitative estimate of drug-likeness (QED) is 0.657. The Morgan fingerprint density at radius 1 is 1.24 bits per heavy atom. The molecule has 1 aromatic heterocycles. The predicted octanol–water partition coefficient (Wildman–Crippen LogP) is 1.87. The van der Waals surface area contributed by atoms with Gasteiger partial charge in [-0.05, 0) is 31.7 Å². The first-order chi connectivity index (χ1) is 13.8. The largest absolute Gasteiger partial charge is 0.340 e. The van der Waals surface area contributed by atoms with Crippen LogP contribution in [0.25, 0.3) is 0 Å². The zero-order valence-electron chi connectivity index (χ0n) is 17.7. The second-order valence-electron chi connectivity index (χ2n) is 8.14. The summed E-state index contributed by atoms with van der Waals surface area (Å²) in [6.07, 6.45) is 1.74. The van der Waals surface area contributed by atoms with Crippen LogP contribution in [0.2, 0.25) is 0 Å². The summed E-state index contributed by atoms with van der Waals surface area (Å²) in [6.45, 7) is 5.56. The zero-order chi connectivity index (χ0) is 21.0. The maximum atomic E-state index is 13.1. The smallest absolute Gasteiger partial charge is 0.245 e. The SMILES string of the molecule is Cc1nc(NC(=O)CN(CCC[NH+](C)C)C(=O)[C@@H]2C[C@H]2c2ccccc2)sc1C. The fourth-order valence-electron chi connectivity index (χ4n) is 3.52. The number of benzene rings is 1. The van der Waals surface area contributed by atoms with Crippen molar-refractivity contribution in [3.8, 4) is 0 Å². The molecular formula is C22H31N4O2S+. The number of quaternary nitrogens is 1. The second kappa shape index (κ2) is 9.50. The minimum absolute atomic E-state index is 0.0127. The molecule has 3 rings (SSSR count). The first-order valence-electron chi connectivity index (χ1n) is 10.2. The Bertz CT molecular complexity index is 830. The minimum atomic E-state index is -0.179. The van der Waals surface area contributed by atoms with Crippen LogP contribution < -0.4 is 10.2 Å². The van der Waals surface area contributed by atoms with Gasteiger partial charge in [-0.15, -0.1) is 11.3 Å². The molecule has 29 heavy (non-hydrogen) atoms. The summed E-state index contributed by atoms with van der Waals surface area (Å²) < 4.78 is 0. The van der Waals surface area contributed by atoms with Crippen molar-refractivity contribution >= 4 is 28.3 Å².